The number of carbonyl (C=O) groups is 1. The van der Waals surface area contributed by atoms with E-state index >= 15 is 0 Å². The second-order valence-electron chi connectivity index (χ2n) is 4.11. The zero-order chi connectivity index (χ0) is 14.0. The van der Waals surface area contributed by atoms with Crippen LogP contribution in [0.1, 0.15) is 28.9 Å². The minimum Gasteiger partial charge on any atom is -0.292 e. The second kappa shape index (κ2) is 4.87. The highest BCUT2D eigenvalue weighted by atomic mass is 19.4. The molecule has 0 aliphatic heterocycles. The molecule has 0 fully saturated rings. The fourth-order valence-corrected chi connectivity index (χ4v) is 1.66. The predicted molar refractivity (Wildman–Crippen MR) is 62.7 cm³/mol. The van der Waals surface area contributed by atoms with Gasteiger partial charge in [-0.1, -0.05) is 30.3 Å². The molecule has 0 bridgehead atoms. The van der Waals surface area contributed by atoms with Gasteiger partial charge in [0.2, 0.25) is 0 Å². The lowest BCUT2D eigenvalue weighted by Gasteiger charge is -2.11. The van der Waals surface area contributed by atoms with E-state index in [1.54, 1.807) is 30.3 Å². The van der Waals surface area contributed by atoms with Crippen LogP contribution >= 0.6 is 0 Å². The van der Waals surface area contributed by atoms with E-state index in [1.807, 2.05) is 0 Å². The summed E-state index contributed by atoms with van der Waals surface area (Å²) in [5.74, 6) is -0.280. The van der Waals surface area contributed by atoms with Crippen LogP contribution in [0.5, 0.6) is 0 Å². The van der Waals surface area contributed by atoms with E-state index in [0.717, 1.165) is 17.1 Å². The van der Waals surface area contributed by atoms with Gasteiger partial charge in [0.25, 0.3) is 0 Å². The highest BCUT2D eigenvalue weighted by Gasteiger charge is 2.33. The first-order valence-corrected chi connectivity index (χ1v) is 5.60. The molecule has 3 nitrogen and oxygen atoms in total. The Kier molecular flexibility index (Phi) is 3.42. The Morgan fingerprint density at radius 2 is 1.89 bits per heavy atom. The van der Waals surface area contributed by atoms with Gasteiger partial charge in [-0.3, -0.25) is 9.48 Å². The van der Waals surface area contributed by atoms with Crippen molar-refractivity contribution in [2.45, 2.75) is 19.1 Å². The van der Waals surface area contributed by atoms with Crippen molar-refractivity contribution < 1.29 is 18.0 Å². The average Bonchev–Trinajstić information content (AvgIpc) is 2.87. The van der Waals surface area contributed by atoms with Crippen LogP contribution in [-0.2, 0) is 6.18 Å². The fraction of sp³-hybridized carbons (Fsp3) is 0.231. The van der Waals surface area contributed by atoms with E-state index in [2.05, 4.69) is 5.10 Å². The van der Waals surface area contributed by atoms with Gasteiger partial charge in [-0.15, -0.1) is 0 Å². The third-order valence-electron chi connectivity index (χ3n) is 2.76. The second-order valence-corrected chi connectivity index (χ2v) is 4.11. The molecule has 1 heterocycles. The number of aromatic nitrogens is 2. The van der Waals surface area contributed by atoms with E-state index in [9.17, 15) is 18.0 Å². The molecule has 0 radical (unpaired) electrons. The Labute approximate surface area is 107 Å². The number of nitrogens with zero attached hydrogens (tertiary/aromatic N) is 2. The van der Waals surface area contributed by atoms with Crippen molar-refractivity contribution in [3.63, 3.8) is 0 Å². The first-order chi connectivity index (χ1) is 8.89. The lowest BCUT2D eigenvalue weighted by Crippen LogP contribution is -2.17. The van der Waals surface area contributed by atoms with Crippen LogP contribution in [-0.4, -0.2) is 15.6 Å². The highest BCUT2D eigenvalue weighted by Crippen LogP contribution is 2.29. The lowest BCUT2D eigenvalue weighted by molar-refractivity contribution is -0.137. The molecule has 6 heteroatoms. The zero-order valence-corrected chi connectivity index (χ0v) is 10.1. The topological polar surface area (TPSA) is 34.9 Å². The van der Waals surface area contributed by atoms with Crippen molar-refractivity contribution in [3.05, 3.63) is 53.9 Å². The Bertz CT molecular complexity index is 575. The predicted octanol–water partition coefficient (Wildman–Crippen LogP) is 3.35. The van der Waals surface area contributed by atoms with Crippen LogP contribution in [0.25, 0.3) is 0 Å². The number of benzene rings is 1. The van der Waals surface area contributed by atoms with E-state index in [4.69, 9.17) is 0 Å². The van der Waals surface area contributed by atoms with Crippen LogP contribution < -0.4 is 0 Å². The Morgan fingerprint density at radius 1 is 1.26 bits per heavy atom. The summed E-state index contributed by atoms with van der Waals surface area (Å²) in [4.78, 5) is 12.1. The van der Waals surface area contributed by atoms with Gasteiger partial charge in [0.1, 0.15) is 6.04 Å². The van der Waals surface area contributed by atoms with Crippen LogP contribution in [0.2, 0.25) is 0 Å². The number of halogens is 3. The monoisotopic (exact) mass is 268 g/mol. The number of hydrogen-bond acceptors (Lipinski definition) is 2. The quantitative estimate of drug-likeness (QED) is 0.800. The third kappa shape index (κ3) is 2.83. The molecular weight excluding hydrogens is 257 g/mol. The summed E-state index contributed by atoms with van der Waals surface area (Å²) >= 11 is 0. The Morgan fingerprint density at radius 3 is 2.42 bits per heavy atom. The number of ketones is 1. The van der Waals surface area contributed by atoms with Crippen molar-refractivity contribution in [3.8, 4) is 0 Å². The van der Waals surface area contributed by atoms with E-state index in [-0.39, 0.29) is 5.78 Å². The minimum atomic E-state index is -4.45. The molecule has 100 valence electrons. The molecule has 1 unspecified atom stereocenters. The molecule has 0 amide bonds. The van der Waals surface area contributed by atoms with Crippen molar-refractivity contribution in [2.75, 3.05) is 0 Å². The molecule has 0 saturated heterocycles. The summed E-state index contributed by atoms with van der Waals surface area (Å²) in [6.07, 6.45) is -2.89. The maximum absolute atomic E-state index is 12.5. The summed E-state index contributed by atoms with van der Waals surface area (Å²) in [6.45, 7) is 1.52. The largest absolute Gasteiger partial charge is 0.419 e. The Hall–Kier alpha value is -2.11. The molecule has 0 spiro atoms. The normalized spacial score (nSPS) is 13.3. The summed E-state index contributed by atoms with van der Waals surface area (Å²) in [5, 5.41) is 3.60. The molecule has 0 saturated carbocycles. The molecule has 0 aliphatic carbocycles. The standard InChI is InChI=1S/C13H11F3N2O/c1-9(12(19)10-5-3-2-4-6-10)18-8-11(7-17-18)13(14,15)16/h2-9H,1H3. The van der Waals surface area contributed by atoms with Gasteiger partial charge < -0.3 is 0 Å². The van der Waals surface area contributed by atoms with Gasteiger partial charge in [-0.2, -0.15) is 18.3 Å². The van der Waals surface area contributed by atoms with Crippen molar-refractivity contribution in [2.24, 2.45) is 0 Å². The maximum atomic E-state index is 12.5. The number of Topliss-reactive ketones (excluding diaryl/α,β-unsaturated/α-hetero) is 1. The summed E-state index contributed by atoms with van der Waals surface area (Å²) in [6, 6.07) is 7.62. The Balaban J connectivity index is 2.23. The van der Waals surface area contributed by atoms with Crippen LogP contribution in [0.15, 0.2) is 42.7 Å². The first-order valence-electron chi connectivity index (χ1n) is 5.60. The van der Waals surface area contributed by atoms with Gasteiger partial charge in [-0.25, -0.2) is 0 Å². The molecule has 1 atom stereocenters. The summed E-state index contributed by atoms with van der Waals surface area (Å²) < 4.78 is 38.4. The minimum absolute atomic E-state index is 0.280. The molecule has 0 aliphatic rings. The average molecular weight is 268 g/mol. The van der Waals surface area contributed by atoms with Gasteiger partial charge in [0, 0.05) is 11.8 Å². The molecule has 2 rings (SSSR count). The van der Waals surface area contributed by atoms with Crippen LogP contribution in [0, 0.1) is 0 Å². The van der Waals surface area contributed by atoms with Crippen molar-refractivity contribution in [1.29, 1.82) is 0 Å². The van der Waals surface area contributed by atoms with E-state index in [0.29, 0.717) is 5.56 Å². The molecule has 1 aromatic carbocycles. The van der Waals surface area contributed by atoms with E-state index < -0.39 is 17.8 Å². The molecular formula is C13H11F3N2O. The van der Waals surface area contributed by atoms with Gasteiger partial charge in [0.05, 0.1) is 11.8 Å². The van der Waals surface area contributed by atoms with Crippen LogP contribution in [0.4, 0.5) is 13.2 Å². The summed E-state index contributed by atoms with van der Waals surface area (Å²) in [7, 11) is 0. The molecule has 0 N–H and O–H groups in total. The van der Waals surface area contributed by atoms with Crippen molar-refractivity contribution >= 4 is 5.78 Å². The SMILES string of the molecule is CC(C(=O)c1ccccc1)n1cc(C(F)(F)F)cn1. The lowest BCUT2D eigenvalue weighted by atomic mass is 10.1. The smallest absolute Gasteiger partial charge is 0.292 e. The molecule has 2 aromatic rings. The third-order valence-corrected chi connectivity index (χ3v) is 2.76. The zero-order valence-electron chi connectivity index (χ0n) is 10.1. The van der Waals surface area contributed by atoms with Gasteiger partial charge >= 0.3 is 6.18 Å². The molecule has 19 heavy (non-hydrogen) atoms. The highest BCUT2D eigenvalue weighted by molar-refractivity contribution is 5.98. The van der Waals surface area contributed by atoms with Gasteiger partial charge in [0.15, 0.2) is 5.78 Å². The fourth-order valence-electron chi connectivity index (χ4n) is 1.66. The number of rotatable bonds is 3. The van der Waals surface area contributed by atoms with Crippen molar-refractivity contribution in [1.82, 2.24) is 9.78 Å². The maximum Gasteiger partial charge on any atom is 0.419 e. The number of carbonyl (C=O) groups excluding carboxylic acids is 1. The number of hydrogen-bond donors (Lipinski definition) is 0. The number of alkyl halides is 3. The van der Waals surface area contributed by atoms with E-state index in [1.165, 1.54) is 6.92 Å². The van der Waals surface area contributed by atoms with Crippen LogP contribution in [0.3, 0.4) is 0 Å². The first kappa shape index (κ1) is 13.3. The molecule has 1 aromatic heterocycles. The van der Waals surface area contributed by atoms with Gasteiger partial charge in [-0.05, 0) is 6.92 Å². The summed E-state index contributed by atoms with van der Waals surface area (Å²) in [5.41, 5.74) is -0.417.